The highest BCUT2D eigenvalue weighted by atomic mass is 19.4. The first-order chi connectivity index (χ1) is 11.1. The van der Waals surface area contributed by atoms with Crippen LogP contribution in [-0.2, 0) is 6.42 Å². The first-order valence-electron chi connectivity index (χ1n) is 8.63. The number of hydrogen-bond donors (Lipinski definition) is 0. The summed E-state index contributed by atoms with van der Waals surface area (Å²) < 4.78 is 41.3. The number of rotatable bonds is 5. The van der Waals surface area contributed by atoms with Crippen LogP contribution in [0.5, 0.6) is 5.75 Å². The van der Waals surface area contributed by atoms with E-state index in [1.54, 1.807) is 6.07 Å². The normalized spacial score (nSPS) is 25.3. The zero-order valence-corrected chi connectivity index (χ0v) is 15.0. The third-order valence-electron chi connectivity index (χ3n) is 5.52. The minimum absolute atomic E-state index is 0.0161. The zero-order chi connectivity index (χ0) is 18.0. The van der Waals surface area contributed by atoms with Crippen molar-refractivity contribution in [2.24, 2.45) is 11.8 Å². The first kappa shape index (κ1) is 19.1. The number of nitrogens with zero attached hydrogens (tertiary/aromatic N) is 1. The van der Waals surface area contributed by atoms with Crippen molar-refractivity contribution in [3.63, 3.8) is 0 Å². The van der Waals surface area contributed by atoms with Crippen LogP contribution in [0, 0.1) is 11.8 Å². The van der Waals surface area contributed by atoms with Gasteiger partial charge in [0.05, 0.1) is 0 Å². The van der Waals surface area contributed by atoms with E-state index >= 15 is 0 Å². The molecule has 0 aromatic heterocycles. The molecule has 0 amide bonds. The van der Waals surface area contributed by atoms with Gasteiger partial charge >= 0.3 is 6.36 Å². The predicted octanol–water partition coefficient (Wildman–Crippen LogP) is 5.27. The highest BCUT2D eigenvalue weighted by Crippen LogP contribution is 2.40. The Kier molecular flexibility index (Phi) is 5.84. The molecule has 1 saturated carbocycles. The van der Waals surface area contributed by atoms with Gasteiger partial charge < -0.3 is 9.64 Å². The number of halogens is 3. The third kappa shape index (κ3) is 4.88. The number of ether oxygens (including phenoxy) is 1. The van der Waals surface area contributed by atoms with Gasteiger partial charge in [0.1, 0.15) is 5.75 Å². The van der Waals surface area contributed by atoms with Crippen molar-refractivity contribution in [2.45, 2.75) is 57.9 Å². The molecule has 0 atom stereocenters. The zero-order valence-electron chi connectivity index (χ0n) is 15.0. The van der Waals surface area contributed by atoms with Gasteiger partial charge in [-0.1, -0.05) is 26.0 Å². The van der Waals surface area contributed by atoms with Gasteiger partial charge in [0, 0.05) is 5.54 Å². The summed E-state index contributed by atoms with van der Waals surface area (Å²) in [5.74, 6) is 1.30. The van der Waals surface area contributed by atoms with E-state index in [1.165, 1.54) is 25.0 Å². The molecule has 0 aliphatic heterocycles. The average Bonchev–Trinajstić information content (AvgIpc) is 2.46. The molecule has 24 heavy (non-hydrogen) atoms. The second-order valence-electron chi connectivity index (χ2n) is 7.57. The smallest absolute Gasteiger partial charge is 0.406 e. The van der Waals surface area contributed by atoms with Gasteiger partial charge in [-0.3, -0.25) is 0 Å². The summed E-state index contributed by atoms with van der Waals surface area (Å²) in [5.41, 5.74) is 0.913. The molecule has 0 unspecified atom stereocenters. The van der Waals surface area contributed by atoms with Crippen molar-refractivity contribution in [3.05, 3.63) is 29.8 Å². The summed E-state index contributed by atoms with van der Waals surface area (Å²) in [6, 6.07) is 6.41. The molecule has 1 aliphatic carbocycles. The lowest BCUT2D eigenvalue weighted by Gasteiger charge is -2.46. The molecule has 1 aliphatic rings. The molecule has 136 valence electrons. The van der Waals surface area contributed by atoms with Gasteiger partial charge in [-0.2, -0.15) is 0 Å². The van der Waals surface area contributed by atoms with Crippen molar-refractivity contribution in [1.29, 1.82) is 0 Å². The first-order valence-corrected chi connectivity index (χ1v) is 8.63. The Morgan fingerprint density at radius 1 is 1.21 bits per heavy atom. The van der Waals surface area contributed by atoms with Crippen molar-refractivity contribution in [3.8, 4) is 5.75 Å². The summed E-state index contributed by atoms with van der Waals surface area (Å²) >= 11 is 0. The van der Waals surface area contributed by atoms with Crippen molar-refractivity contribution in [1.82, 2.24) is 4.90 Å². The van der Waals surface area contributed by atoms with E-state index in [0.29, 0.717) is 5.92 Å². The van der Waals surface area contributed by atoms with Crippen LogP contribution in [0.25, 0.3) is 0 Å². The fourth-order valence-electron chi connectivity index (χ4n) is 3.86. The maximum atomic E-state index is 12.4. The summed E-state index contributed by atoms with van der Waals surface area (Å²) in [5, 5.41) is 0. The molecule has 0 spiro atoms. The summed E-state index contributed by atoms with van der Waals surface area (Å²) in [6.07, 6.45) is 0.608. The number of hydrogen-bond acceptors (Lipinski definition) is 2. The van der Waals surface area contributed by atoms with E-state index in [-0.39, 0.29) is 11.3 Å². The molecule has 0 bridgehead atoms. The van der Waals surface area contributed by atoms with Crippen LogP contribution in [0.1, 0.15) is 45.1 Å². The fraction of sp³-hybridized carbons (Fsp3) is 0.684. The highest BCUT2D eigenvalue weighted by molar-refractivity contribution is 5.30. The lowest BCUT2D eigenvalue weighted by atomic mass is 9.70. The third-order valence-corrected chi connectivity index (χ3v) is 5.52. The quantitative estimate of drug-likeness (QED) is 0.722. The predicted molar refractivity (Wildman–Crippen MR) is 90.0 cm³/mol. The highest BCUT2D eigenvalue weighted by Gasteiger charge is 2.38. The Morgan fingerprint density at radius 3 is 2.33 bits per heavy atom. The molecular formula is C19H28F3NO. The van der Waals surface area contributed by atoms with E-state index < -0.39 is 6.36 Å². The van der Waals surface area contributed by atoms with Crippen LogP contribution in [0.2, 0.25) is 0 Å². The molecule has 2 rings (SSSR count). The second kappa shape index (κ2) is 7.34. The maximum absolute atomic E-state index is 12.4. The largest absolute Gasteiger partial charge is 0.573 e. The van der Waals surface area contributed by atoms with E-state index in [1.807, 2.05) is 6.07 Å². The standard InChI is InChI=1S/C19H28F3NO/c1-14(2)16-8-10-18(11-9-16,23(3)4)13-15-6-5-7-17(12-15)24-19(20,21)22/h5-7,12,14,16H,8-11,13H2,1-4H3. The molecule has 1 fully saturated rings. The van der Waals surface area contributed by atoms with Crippen LogP contribution in [0.4, 0.5) is 13.2 Å². The fourth-order valence-corrected chi connectivity index (χ4v) is 3.86. The Balaban J connectivity index is 2.13. The van der Waals surface area contributed by atoms with Crippen molar-refractivity contribution < 1.29 is 17.9 Å². The molecular weight excluding hydrogens is 315 g/mol. The molecule has 0 N–H and O–H groups in total. The van der Waals surface area contributed by atoms with E-state index in [9.17, 15) is 13.2 Å². The molecule has 5 heteroatoms. The average molecular weight is 343 g/mol. The summed E-state index contributed by atoms with van der Waals surface area (Å²) in [4.78, 5) is 2.25. The van der Waals surface area contributed by atoms with Gasteiger partial charge in [0.15, 0.2) is 0 Å². The molecule has 1 aromatic rings. The lowest BCUT2D eigenvalue weighted by Crippen LogP contribution is -2.49. The minimum atomic E-state index is -4.65. The van der Waals surface area contributed by atoms with E-state index in [4.69, 9.17) is 0 Å². The SMILES string of the molecule is CC(C)C1CCC(Cc2cccc(OC(F)(F)F)c2)(N(C)C)CC1. The Morgan fingerprint density at radius 2 is 1.83 bits per heavy atom. The van der Waals surface area contributed by atoms with Crippen LogP contribution in [0.3, 0.4) is 0 Å². The van der Waals surface area contributed by atoms with Gasteiger partial charge in [-0.15, -0.1) is 13.2 Å². The van der Waals surface area contributed by atoms with Crippen molar-refractivity contribution >= 4 is 0 Å². The Hall–Kier alpha value is -1.23. The van der Waals surface area contributed by atoms with Gasteiger partial charge in [0.2, 0.25) is 0 Å². The van der Waals surface area contributed by atoms with Crippen LogP contribution < -0.4 is 4.74 Å². The monoisotopic (exact) mass is 343 g/mol. The molecule has 2 nitrogen and oxygen atoms in total. The van der Waals surface area contributed by atoms with E-state index in [2.05, 4.69) is 37.6 Å². The minimum Gasteiger partial charge on any atom is -0.406 e. The van der Waals surface area contributed by atoms with Gasteiger partial charge in [-0.05, 0) is 75.7 Å². The molecule has 0 heterocycles. The molecule has 1 aromatic carbocycles. The lowest BCUT2D eigenvalue weighted by molar-refractivity contribution is -0.274. The second-order valence-corrected chi connectivity index (χ2v) is 7.57. The summed E-state index contributed by atoms with van der Waals surface area (Å²) in [7, 11) is 4.15. The summed E-state index contributed by atoms with van der Waals surface area (Å²) in [6.45, 7) is 4.54. The van der Waals surface area contributed by atoms with Gasteiger partial charge in [0.25, 0.3) is 0 Å². The van der Waals surface area contributed by atoms with Gasteiger partial charge in [-0.25, -0.2) is 0 Å². The van der Waals surface area contributed by atoms with Crippen LogP contribution >= 0.6 is 0 Å². The number of alkyl halides is 3. The Labute approximate surface area is 143 Å². The topological polar surface area (TPSA) is 12.5 Å². The Bertz CT molecular complexity index is 532. The number of likely N-dealkylation sites (N-methyl/N-ethyl adjacent to an activating group) is 1. The van der Waals surface area contributed by atoms with Crippen LogP contribution in [-0.4, -0.2) is 30.9 Å². The van der Waals surface area contributed by atoms with E-state index in [0.717, 1.165) is 30.7 Å². The number of benzene rings is 1. The maximum Gasteiger partial charge on any atom is 0.573 e. The van der Waals surface area contributed by atoms with Crippen LogP contribution in [0.15, 0.2) is 24.3 Å². The molecule has 0 saturated heterocycles. The van der Waals surface area contributed by atoms with Crippen molar-refractivity contribution in [2.75, 3.05) is 14.1 Å². The molecule has 0 radical (unpaired) electrons.